The topological polar surface area (TPSA) is 69.6 Å². The number of aliphatic hydroxyl groups excluding tert-OH is 1. The van der Waals surface area contributed by atoms with Crippen LogP contribution in [0, 0.1) is 5.92 Å². The molecular formula is C17H26N2O3S. The van der Waals surface area contributed by atoms with E-state index in [4.69, 9.17) is 0 Å². The summed E-state index contributed by atoms with van der Waals surface area (Å²) in [4.78, 5) is 0.364. The van der Waals surface area contributed by atoms with Gasteiger partial charge in [-0.2, -0.15) is 4.31 Å². The van der Waals surface area contributed by atoms with Gasteiger partial charge in [0.2, 0.25) is 10.0 Å². The molecule has 6 heteroatoms. The fraction of sp³-hybridized carbons (Fsp3) is 0.647. The number of piperidine rings is 2. The number of rotatable bonds is 4. The lowest BCUT2D eigenvalue weighted by Gasteiger charge is -2.28. The summed E-state index contributed by atoms with van der Waals surface area (Å²) in [6, 6.07) is 7.37. The number of aliphatic hydroxyl groups is 1. The molecule has 0 radical (unpaired) electrons. The molecule has 2 saturated heterocycles. The van der Waals surface area contributed by atoms with Gasteiger partial charge in [-0.05, 0) is 68.8 Å². The van der Waals surface area contributed by atoms with Crippen molar-refractivity contribution in [1.82, 2.24) is 9.62 Å². The summed E-state index contributed by atoms with van der Waals surface area (Å²) in [5, 5.41) is 12.9. The Morgan fingerprint density at radius 3 is 2.26 bits per heavy atom. The second-order valence-corrected chi connectivity index (χ2v) is 8.61. The number of nitrogens with one attached hydrogen (secondary N) is 1. The zero-order chi connectivity index (χ0) is 16.3. The summed E-state index contributed by atoms with van der Waals surface area (Å²) in [7, 11) is -3.42. The lowest BCUT2D eigenvalue weighted by Crippen LogP contribution is -2.39. The van der Waals surface area contributed by atoms with E-state index in [2.05, 4.69) is 5.32 Å². The first-order chi connectivity index (χ1) is 11.1. The van der Waals surface area contributed by atoms with Gasteiger partial charge in [-0.3, -0.25) is 0 Å². The van der Waals surface area contributed by atoms with Crippen LogP contribution in [0.25, 0.3) is 0 Å². The number of sulfonamides is 1. The largest absolute Gasteiger partial charge is 0.393 e. The molecule has 1 aromatic rings. The summed E-state index contributed by atoms with van der Waals surface area (Å²) >= 11 is 0. The molecule has 0 saturated carbocycles. The van der Waals surface area contributed by atoms with Crippen molar-refractivity contribution in [3.63, 3.8) is 0 Å². The molecule has 0 amide bonds. The van der Waals surface area contributed by atoms with Gasteiger partial charge in [0.05, 0.1) is 11.0 Å². The molecule has 2 N–H and O–H groups in total. The zero-order valence-electron chi connectivity index (χ0n) is 13.4. The Morgan fingerprint density at radius 1 is 1.04 bits per heavy atom. The third-order valence-corrected chi connectivity index (χ3v) is 6.88. The summed E-state index contributed by atoms with van der Waals surface area (Å²) in [6.07, 6.45) is 4.08. The molecule has 1 aromatic carbocycles. The van der Waals surface area contributed by atoms with Crippen LogP contribution in [-0.2, 0) is 16.4 Å². The zero-order valence-corrected chi connectivity index (χ0v) is 14.3. The highest BCUT2D eigenvalue weighted by Gasteiger charge is 2.28. The molecule has 0 atom stereocenters. The number of hydrogen-bond acceptors (Lipinski definition) is 4. The van der Waals surface area contributed by atoms with Crippen LogP contribution in [0.15, 0.2) is 29.2 Å². The van der Waals surface area contributed by atoms with Crippen molar-refractivity contribution in [2.45, 2.75) is 43.1 Å². The van der Waals surface area contributed by atoms with Crippen LogP contribution < -0.4 is 5.32 Å². The van der Waals surface area contributed by atoms with Gasteiger partial charge in [-0.15, -0.1) is 0 Å². The molecule has 0 unspecified atom stereocenters. The Morgan fingerprint density at radius 2 is 1.65 bits per heavy atom. The van der Waals surface area contributed by atoms with E-state index < -0.39 is 10.0 Å². The van der Waals surface area contributed by atoms with E-state index in [0.717, 1.165) is 19.5 Å². The molecule has 2 aliphatic rings. The molecule has 0 aliphatic carbocycles. The van der Waals surface area contributed by atoms with Gasteiger partial charge in [0, 0.05) is 13.1 Å². The van der Waals surface area contributed by atoms with Gasteiger partial charge < -0.3 is 10.4 Å². The van der Waals surface area contributed by atoms with Crippen LogP contribution in [-0.4, -0.2) is 50.1 Å². The molecule has 23 heavy (non-hydrogen) atoms. The van der Waals surface area contributed by atoms with E-state index >= 15 is 0 Å². The molecule has 2 fully saturated rings. The summed E-state index contributed by atoms with van der Waals surface area (Å²) in [5.74, 6) is 0.697. The van der Waals surface area contributed by atoms with Crippen LogP contribution in [0.3, 0.4) is 0 Å². The summed E-state index contributed by atoms with van der Waals surface area (Å²) in [5.41, 5.74) is 1.21. The Balaban J connectivity index is 1.66. The SMILES string of the molecule is O=S(=O)(c1ccc(CC2CCNCC2)cc1)N1CCC(O)CC1. The van der Waals surface area contributed by atoms with Crippen LogP contribution in [0.2, 0.25) is 0 Å². The van der Waals surface area contributed by atoms with E-state index in [1.165, 1.54) is 22.7 Å². The second kappa shape index (κ2) is 7.30. The number of hydrogen-bond donors (Lipinski definition) is 2. The lowest BCUT2D eigenvalue weighted by atomic mass is 9.91. The normalized spacial score (nSPS) is 22.3. The van der Waals surface area contributed by atoms with Gasteiger partial charge in [0.15, 0.2) is 0 Å². The van der Waals surface area contributed by atoms with Crippen molar-refractivity contribution < 1.29 is 13.5 Å². The average Bonchev–Trinajstić information content (AvgIpc) is 2.57. The molecule has 5 nitrogen and oxygen atoms in total. The quantitative estimate of drug-likeness (QED) is 0.870. The second-order valence-electron chi connectivity index (χ2n) is 6.68. The fourth-order valence-electron chi connectivity index (χ4n) is 3.45. The minimum Gasteiger partial charge on any atom is -0.393 e. The maximum absolute atomic E-state index is 12.6. The predicted molar refractivity (Wildman–Crippen MR) is 89.7 cm³/mol. The predicted octanol–water partition coefficient (Wildman–Crippen LogP) is 1.37. The minimum absolute atomic E-state index is 0.364. The highest BCUT2D eigenvalue weighted by molar-refractivity contribution is 7.89. The standard InChI is InChI=1S/C17H26N2O3S/c20-16-7-11-19(12-8-16)23(21,22)17-3-1-14(2-4-17)13-15-5-9-18-10-6-15/h1-4,15-16,18,20H,5-13H2. The van der Waals surface area contributed by atoms with Crippen molar-refractivity contribution in [2.75, 3.05) is 26.2 Å². The van der Waals surface area contributed by atoms with Crippen LogP contribution in [0.4, 0.5) is 0 Å². The van der Waals surface area contributed by atoms with Crippen molar-refractivity contribution in [1.29, 1.82) is 0 Å². The van der Waals surface area contributed by atoms with Crippen LogP contribution in [0.1, 0.15) is 31.2 Å². The Hall–Kier alpha value is -0.950. The highest BCUT2D eigenvalue weighted by Crippen LogP contribution is 2.23. The average molecular weight is 338 g/mol. The first-order valence-corrected chi connectivity index (χ1v) is 9.97. The molecule has 128 valence electrons. The van der Waals surface area contributed by atoms with Gasteiger partial charge in [0.25, 0.3) is 0 Å². The van der Waals surface area contributed by atoms with Crippen molar-refractivity contribution in [3.05, 3.63) is 29.8 Å². The van der Waals surface area contributed by atoms with Crippen LogP contribution >= 0.6 is 0 Å². The van der Waals surface area contributed by atoms with Crippen LogP contribution in [0.5, 0.6) is 0 Å². The first kappa shape index (κ1) is 16.9. The van der Waals surface area contributed by atoms with Crippen molar-refractivity contribution in [2.24, 2.45) is 5.92 Å². The molecule has 0 spiro atoms. The first-order valence-electron chi connectivity index (χ1n) is 8.53. The molecule has 0 aromatic heterocycles. The molecule has 2 aliphatic heterocycles. The van der Waals surface area contributed by atoms with E-state index in [1.54, 1.807) is 12.1 Å². The van der Waals surface area contributed by atoms with E-state index in [9.17, 15) is 13.5 Å². The molecule has 3 rings (SSSR count). The maximum atomic E-state index is 12.6. The third kappa shape index (κ3) is 4.12. The van der Waals surface area contributed by atoms with Gasteiger partial charge in [-0.1, -0.05) is 12.1 Å². The molecule has 2 heterocycles. The maximum Gasteiger partial charge on any atom is 0.243 e. The minimum atomic E-state index is -3.42. The number of nitrogens with zero attached hydrogens (tertiary/aromatic N) is 1. The Kier molecular flexibility index (Phi) is 5.36. The Labute approximate surface area is 138 Å². The van der Waals surface area contributed by atoms with Crippen molar-refractivity contribution >= 4 is 10.0 Å². The highest BCUT2D eigenvalue weighted by atomic mass is 32.2. The van der Waals surface area contributed by atoms with E-state index in [0.29, 0.717) is 36.7 Å². The van der Waals surface area contributed by atoms with Gasteiger partial charge >= 0.3 is 0 Å². The fourth-order valence-corrected chi connectivity index (χ4v) is 4.92. The smallest absolute Gasteiger partial charge is 0.243 e. The monoisotopic (exact) mass is 338 g/mol. The molecule has 0 bridgehead atoms. The summed E-state index contributed by atoms with van der Waals surface area (Å²) < 4.78 is 26.8. The van der Waals surface area contributed by atoms with Crippen molar-refractivity contribution in [3.8, 4) is 0 Å². The van der Waals surface area contributed by atoms with Gasteiger partial charge in [-0.25, -0.2) is 8.42 Å². The van der Waals surface area contributed by atoms with E-state index in [1.807, 2.05) is 12.1 Å². The molecular weight excluding hydrogens is 312 g/mol. The Bertz CT molecular complexity index is 601. The lowest BCUT2D eigenvalue weighted by molar-refractivity contribution is 0.113. The summed E-state index contributed by atoms with van der Waals surface area (Å²) in [6.45, 7) is 2.97. The number of benzene rings is 1. The third-order valence-electron chi connectivity index (χ3n) is 4.97. The van der Waals surface area contributed by atoms with Gasteiger partial charge in [0.1, 0.15) is 0 Å². The van der Waals surface area contributed by atoms with E-state index in [-0.39, 0.29) is 6.10 Å².